The molecule has 1 aliphatic heterocycles. The number of aliphatic hydroxyl groups is 1. The number of benzene rings is 3. The minimum Gasteiger partial charge on any atom is -0.512 e. The molecule has 0 unspecified atom stereocenters. The van der Waals surface area contributed by atoms with Gasteiger partial charge in [0.25, 0.3) is 10.0 Å². The Morgan fingerprint density at radius 2 is 1.51 bits per heavy atom. The Labute approximate surface area is 276 Å². The molecule has 9 heteroatoms. The number of nitriles is 1. The minimum atomic E-state index is -3.96. The summed E-state index contributed by atoms with van der Waals surface area (Å²) in [5.41, 5.74) is 2.78. The summed E-state index contributed by atoms with van der Waals surface area (Å²) in [5, 5.41) is 20.2. The molecule has 0 bridgehead atoms. The summed E-state index contributed by atoms with van der Waals surface area (Å²) >= 11 is 0. The number of carbonyl (C=O) groups excluding carboxylic acids is 1. The molecule has 8 nitrogen and oxygen atoms in total. The highest BCUT2D eigenvalue weighted by Gasteiger charge is 2.42. The fourth-order valence-corrected chi connectivity index (χ4v) is 7.07. The predicted molar refractivity (Wildman–Crippen MR) is 181 cm³/mol. The second-order valence-electron chi connectivity index (χ2n) is 13.0. The minimum absolute atomic E-state index is 0.0758. The number of aryl methyl sites for hydroxylation is 2. The molecule has 1 aromatic heterocycles. The number of rotatable bonds is 13. The average molecular weight is 650 g/mol. The zero-order valence-corrected chi connectivity index (χ0v) is 27.5. The largest absolute Gasteiger partial charge is 0.512 e. The number of ether oxygens (including phenoxy) is 1. The quantitative estimate of drug-likeness (QED) is 0.144. The molecule has 0 saturated heterocycles. The Morgan fingerprint density at radius 3 is 2.06 bits per heavy atom. The molecule has 0 atom stereocenters. The third-order valence-electron chi connectivity index (χ3n) is 8.48. The Hall–Kier alpha value is -4.94. The third-order valence-corrected chi connectivity index (χ3v) is 9.77. The maximum absolute atomic E-state index is 13.6. The van der Waals surface area contributed by atoms with Gasteiger partial charge in [0.05, 0.1) is 11.1 Å². The lowest BCUT2D eigenvalue weighted by molar-refractivity contribution is -0.161. The van der Waals surface area contributed by atoms with E-state index in [4.69, 9.17) is 10.00 Å². The van der Waals surface area contributed by atoms with Crippen LogP contribution in [0.3, 0.4) is 0 Å². The normalized spacial score (nSPS) is 14.7. The van der Waals surface area contributed by atoms with E-state index in [0.717, 1.165) is 29.5 Å². The summed E-state index contributed by atoms with van der Waals surface area (Å²) < 4.78 is 34.6. The van der Waals surface area contributed by atoms with Crippen LogP contribution in [-0.4, -0.2) is 30.1 Å². The van der Waals surface area contributed by atoms with Gasteiger partial charge >= 0.3 is 5.97 Å². The van der Waals surface area contributed by atoms with E-state index >= 15 is 0 Å². The van der Waals surface area contributed by atoms with Gasteiger partial charge in [0.1, 0.15) is 17.4 Å². The first-order valence-electron chi connectivity index (χ1n) is 15.7. The maximum Gasteiger partial charge on any atom is 0.337 e. The van der Waals surface area contributed by atoms with Crippen LogP contribution in [0.2, 0.25) is 0 Å². The molecule has 0 radical (unpaired) electrons. The Bertz CT molecular complexity index is 1840. The molecule has 0 saturated carbocycles. The number of anilines is 1. The number of esters is 1. The fraction of sp³-hybridized carbons (Fsp3) is 0.289. The van der Waals surface area contributed by atoms with Crippen LogP contribution in [0, 0.1) is 16.7 Å². The standard InChI is InChI=1S/C38H39N3O5S/c1-37(2,23-30-14-9-15-32(22-30)41-47(44,45)35-17-16-31(26-39)27-40-35)24-33-34(42)25-38(46-36(33)43,20-18-28-10-5-3-6-11-28)21-19-29-12-7-4-8-13-29/h3-17,22,27,41-42H,18-21,23-25H2,1-2H3. The summed E-state index contributed by atoms with van der Waals surface area (Å²) in [6, 6.07) is 31.8. The molecule has 4 aromatic rings. The Kier molecular flexibility index (Phi) is 10.1. The molecule has 0 amide bonds. The van der Waals surface area contributed by atoms with Gasteiger partial charge < -0.3 is 9.84 Å². The van der Waals surface area contributed by atoms with Crippen LogP contribution >= 0.6 is 0 Å². The van der Waals surface area contributed by atoms with Crippen molar-refractivity contribution in [2.45, 2.75) is 69.4 Å². The maximum atomic E-state index is 13.6. The molecule has 0 aliphatic carbocycles. The highest BCUT2D eigenvalue weighted by molar-refractivity contribution is 7.92. The molecule has 5 rings (SSSR count). The van der Waals surface area contributed by atoms with Crippen molar-refractivity contribution in [2.75, 3.05) is 4.72 Å². The molecule has 2 heterocycles. The van der Waals surface area contributed by atoms with Crippen LogP contribution in [0.5, 0.6) is 0 Å². The van der Waals surface area contributed by atoms with Crippen molar-refractivity contribution in [1.82, 2.24) is 4.98 Å². The van der Waals surface area contributed by atoms with Crippen LogP contribution in [0.15, 0.2) is 120 Å². The van der Waals surface area contributed by atoms with Gasteiger partial charge in [-0.2, -0.15) is 13.7 Å². The van der Waals surface area contributed by atoms with Crippen molar-refractivity contribution >= 4 is 21.7 Å². The number of aromatic nitrogens is 1. The number of cyclic esters (lactones) is 1. The highest BCUT2D eigenvalue weighted by atomic mass is 32.2. The van der Waals surface area contributed by atoms with E-state index in [-0.39, 0.29) is 34.8 Å². The number of pyridine rings is 1. The smallest absolute Gasteiger partial charge is 0.337 e. The number of hydrogen-bond acceptors (Lipinski definition) is 7. The van der Waals surface area contributed by atoms with Gasteiger partial charge in [0.15, 0.2) is 5.03 Å². The van der Waals surface area contributed by atoms with Crippen LogP contribution in [0.4, 0.5) is 5.69 Å². The first-order valence-corrected chi connectivity index (χ1v) is 17.1. The molecule has 0 spiro atoms. The fourth-order valence-electron chi connectivity index (χ4n) is 6.09. The molecule has 242 valence electrons. The van der Waals surface area contributed by atoms with E-state index in [1.165, 1.54) is 18.3 Å². The lowest BCUT2D eigenvalue weighted by Gasteiger charge is -2.39. The van der Waals surface area contributed by atoms with Gasteiger partial charge in [-0.25, -0.2) is 9.78 Å². The van der Waals surface area contributed by atoms with Crippen LogP contribution in [0.1, 0.15) is 61.8 Å². The van der Waals surface area contributed by atoms with Gasteiger partial charge in [-0.15, -0.1) is 0 Å². The van der Waals surface area contributed by atoms with E-state index < -0.39 is 27.0 Å². The molecule has 1 aliphatic rings. The van der Waals surface area contributed by atoms with Gasteiger partial charge in [-0.3, -0.25) is 4.72 Å². The first kappa shape index (κ1) is 33.4. The molecule has 2 N–H and O–H groups in total. The second kappa shape index (κ2) is 14.2. The van der Waals surface area contributed by atoms with Crippen LogP contribution < -0.4 is 4.72 Å². The molecule has 47 heavy (non-hydrogen) atoms. The van der Waals surface area contributed by atoms with Gasteiger partial charge in [-0.05, 0) is 84.9 Å². The van der Waals surface area contributed by atoms with Gasteiger partial charge in [-0.1, -0.05) is 86.6 Å². The number of carbonyl (C=O) groups is 1. The summed E-state index contributed by atoms with van der Waals surface area (Å²) in [6.07, 6.45) is 4.89. The number of nitrogens with one attached hydrogen (secondary N) is 1. The third kappa shape index (κ3) is 8.87. The average Bonchev–Trinajstić information content (AvgIpc) is 3.05. The van der Waals surface area contributed by atoms with Gasteiger partial charge in [0.2, 0.25) is 0 Å². The molecular formula is C38H39N3O5S. The van der Waals surface area contributed by atoms with Crippen molar-refractivity contribution in [3.63, 3.8) is 0 Å². The lowest BCUT2D eigenvalue weighted by atomic mass is 9.77. The van der Waals surface area contributed by atoms with Gasteiger partial charge in [0, 0.05) is 18.3 Å². The Morgan fingerprint density at radius 1 is 0.894 bits per heavy atom. The second-order valence-corrected chi connectivity index (χ2v) is 14.6. The van der Waals surface area contributed by atoms with E-state index in [9.17, 15) is 18.3 Å². The summed E-state index contributed by atoms with van der Waals surface area (Å²) in [4.78, 5) is 17.5. The predicted octanol–water partition coefficient (Wildman–Crippen LogP) is 7.48. The van der Waals surface area contributed by atoms with E-state index in [0.29, 0.717) is 24.9 Å². The van der Waals surface area contributed by atoms with Crippen molar-refractivity contribution in [3.05, 3.63) is 137 Å². The van der Waals surface area contributed by atoms with E-state index in [1.807, 2.05) is 62.4 Å². The lowest BCUT2D eigenvalue weighted by Crippen LogP contribution is -2.42. The number of hydrogen-bond donors (Lipinski definition) is 2. The Balaban J connectivity index is 1.29. The number of aliphatic hydroxyl groups excluding tert-OH is 1. The first-order chi connectivity index (χ1) is 22.5. The monoisotopic (exact) mass is 649 g/mol. The zero-order valence-electron chi connectivity index (χ0n) is 26.6. The van der Waals surface area contributed by atoms with E-state index in [1.54, 1.807) is 18.2 Å². The molecule has 3 aromatic carbocycles. The molecular weight excluding hydrogens is 611 g/mol. The highest BCUT2D eigenvalue weighted by Crippen LogP contribution is 2.41. The van der Waals surface area contributed by atoms with E-state index in [2.05, 4.69) is 34.0 Å². The topological polar surface area (TPSA) is 129 Å². The van der Waals surface area contributed by atoms with Crippen molar-refractivity contribution in [2.24, 2.45) is 5.41 Å². The number of sulfonamides is 1. The summed E-state index contributed by atoms with van der Waals surface area (Å²) in [5.74, 6) is -0.411. The summed E-state index contributed by atoms with van der Waals surface area (Å²) in [6.45, 7) is 4.01. The van der Waals surface area contributed by atoms with Crippen molar-refractivity contribution in [3.8, 4) is 6.07 Å². The number of nitrogens with zero attached hydrogens (tertiary/aromatic N) is 2. The SMILES string of the molecule is CC(C)(CC1=C(O)CC(CCc2ccccc2)(CCc2ccccc2)OC1=O)Cc1cccc(NS(=O)(=O)c2ccc(C#N)cn2)c1. The van der Waals surface area contributed by atoms with Crippen molar-refractivity contribution < 1.29 is 23.1 Å². The van der Waals surface area contributed by atoms with Crippen LogP contribution in [-0.2, 0) is 38.8 Å². The van der Waals surface area contributed by atoms with Crippen LogP contribution in [0.25, 0.3) is 0 Å². The van der Waals surface area contributed by atoms with Crippen molar-refractivity contribution in [1.29, 1.82) is 5.26 Å². The zero-order chi connectivity index (χ0) is 33.5. The molecule has 0 fully saturated rings. The summed E-state index contributed by atoms with van der Waals surface area (Å²) in [7, 11) is -3.96.